The summed E-state index contributed by atoms with van der Waals surface area (Å²) in [6, 6.07) is 8.50. The lowest BCUT2D eigenvalue weighted by Crippen LogP contribution is -2.40. The number of β-amino-alcohol motifs (C(OH)–C–C–N with tert-alkyl or cyclic N) is 1. The van der Waals surface area contributed by atoms with Gasteiger partial charge in [-0.15, -0.1) is 0 Å². The van der Waals surface area contributed by atoms with Crippen molar-refractivity contribution in [3.63, 3.8) is 0 Å². The Balaban J connectivity index is 1.84. The number of rotatable bonds is 4. The van der Waals surface area contributed by atoms with Crippen molar-refractivity contribution in [3.05, 3.63) is 42.0 Å². The number of aliphatic hydroxyl groups excluding tert-OH is 1. The van der Waals surface area contributed by atoms with Gasteiger partial charge in [0.2, 0.25) is 0 Å². The largest absolute Gasteiger partial charge is 0.480 e. The molecule has 2 rings (SSSR count). The topological polar surface area (TPSA) is 87.1 Å². The molecule has 6 heteroatoms. The first kappa shape index (κ1) is 15.1. The van der Waals surface area contributed by atoms with Gasteiger partial charge in [-0.1, -0.05) is 36.4 Å². The number of hydrogen-bond donors (Lipinski definition) is 2. The maximum Gasteiger partial charge on any atom is 0.410 e. The van der Waals surface area contributed by atoms with Crippen molar-refractivity contribution in [2.45, 2.75) is 18.6 Å². The highest BCUT2D eigenvalue weighted by atomic mass is 16.6. The van der Waals surface area contributed by atoms with Crippen molar-refractivity contribution in [3.8, 4) is 0 Å². The van der Waals surface area contributed by atoms with Gasteiger partial charge < -0.3 is 14.9 Å². The lowest BCUT2D eigenvalue weighted by molar-refractivity contribution is -0.141. The number of carbonyl (C=O) groups is 2. The van der Waals surface area contributed by atoms with E-state index in [-0.39, 0.29) is 19.6 Å². The van der Waals surface area contributed by atoms with E-state index >= 15 is 0 Å². The molecule has 6 nitrogen and oxygen atoms in total. The first-order valence-electron chi connectivity index (χ1n) is 6.64. The Morgan fingerprint density at radius 1 is 1.33 bits per heavy atom. The Bertz CT molecular complexity index is 528. The number of carboxylic acid groups (broad SMARTS) is 1. The maximum absolute atomic E-state index is 11.8. The summed E-state index contributed by atoms with van der Waals surface area (Å²) >= 11 is 0. The van der Waals surface area contributed by atoms with Crippen molar-refractivity contribution in [1.29, 1.82) is 0 Å². The van der Waals surface area contributed by atoms with Gasteiger partial charge in [-0.2, -0.15) is 0 Å². The van der Waals surface area contributed by atoms with Crippen LogP contribution in [-0.4, -0.2) is 52.5 Å². The number of ether oxygens (including phenoxy) is 1. The van der Waals surface area contributed by atoms with Gasteiger partial charge in [-0.3, -0.25) is 4.90 Å². The van der Waals surface area contributed by atoms with E-state index in [1.54, 1.807) is 12.2 Å². The number of likely N-dealkylation sites (tertiary alicyclic amines) is 1. The Morgan fingerprint density at radius 2 is 2.05 bits per heavy atom. The van der Waals surface area contributed by atoms with Gasteiger partial charge in [-0.25, -0.2) is 9.59 Å². The third kappa shape index (κ3) is 4.06. The van der Waals surface area contributed by atoms with Crippen molar-refractivity contribution in [1.82, 2.24) is 4.90 Å². The molecule has 0 spiro atoms. The maximum atomic E-state index is 11.8. The fourth-order valence-corrected chi connectivity index (χ4v) is 2.20. The number of nitrogens with zero attached hydrogens (tertiary/aromatic N) is 1. The predicted molar refractivity (Wildman–Crippen MR) is 75.6 cm³/mol. The molecule has 112 valence electrons. The Kier molecular flexibility index (Phi) is 4.94. The van der Waals surface area contributed by atoms with Gasteiger partial charge in [-0.05, 0) is 11.6 Å². The van der Waals surface area contributed by atoms with Gasteiger partial charge >= 0.3 is 12.1 Å². The molecule has 1 aromatic carbocycles. The number of benzene rings is 1. The summed E-state index contributed by atoms with van der Waals surface area (Å²) in [5, 5.41) is 18.5. The summed E-state index contributed by atoms with van der Waals surface area (Å²) in [6.45, 7) is 0.0326. The van der Waals surface area contributed by atoms with Crippen LogP contribution in [0.25, 0.3) is 6.08 Å². The zero-order valence-corrected chi connectivity index (χ0v) is 11.4. The molecule has 2 N–H and O–H groups in total. The Labute approximate surface area is 122 Å². The number of amides is 1. The van der Waals surface area contributed by atoms with E-state index in [2.05, 4.69) is 0 Å². The van der Waals surface area contributed by atoms with Crippen LogP contribution in [0.2, 0.25) is 0 Å². The zero-order chi connectivity index (χ0) is 15.2. The fourth-order valence-electron chi connectivity index (χ4n) is 2.20. The van der Waals surface area contributed by atoms with Crippen molar-refractivity contribution >= 4 is 18.1 Å². The highest BCUT2D eigenvalue weighted by Gasteiger charge is 2.39. The van der Waals surface area contributed by atoms with Crippen molar-refractivity contribution < 1.29 is 24.5 Å². The van der Waals surface area contributed by atoms with E-state index in [4.69, 9.17) is 9.84 Å². The number of carboxylic acids is 1. The van der Waals surface area contributed by atoms with Gasteiger partial charge in [0.25, 0.3) is 0 Å². The lowest BCUT2D eigenvalue weighted by Gasteiger charge is -2.19. The minimum absolute atomic E-state index is 0.0157. The summed E-state index contributed by atoms with van der Waals surface area (Å²) in [5.74, 6) is -1.14. The van der Waals surface area contributed by atoms with Crippen molar-refractivity contribution in [2.24, 2.45) is 0 Å². The summed E-state index contributed by atoms with van der Waals surface area (Å²) < 4.78 is 5.00. The molecule has 0 radical (unpaired) electrons. The SMILES string of the molecule is O=C(O)C1CC(O)CN1C(=O)OCC=Cc1ccccc1. The van der Waals surface area contributed by atoms with Gasteiger partial charge in [0, 0.05) is 6.42 Å². The summed E-state index contributed by atoms with van der Waals surface area (Å²) in [4.78, 5) is 23.9. The van der Waals surface area contributed by atoms with Crippen LogP contribution in [0.4, 0.5) is 4.79 Å². The molecule has 1 saturated heterocycles. The highest BCUT2D eigenvalue weighted by Crippen LogP contribution is 2.19. The molecule has 2 unspecified atom stereocenters. The van der Waals surface area contributed by atoms with Crippen LogP contribution in [-0.2, 0) is 9.53 Å². The van der Waals surface area contributed by atoms with Crippen LogP contribution >= 0.6 is 0 Å². The van der Waals surface area contributed by atoms with Crippen LogP contribution in [0, 0.1) is 0 Å². The number of aliphatic hydroxyl groups is 1. The molecule has 1 aliphatic rings. The van der Waals surface area contributed by atoms with E-state index in [0.717, 1.165) is 10.5 Å². The molecule has 0 aromatic heterocycles. The number of carbonyl (C=O) groups excluding carboxylic acids is 1. The van der Waals surface area contributed by atoms with Crippen LogP contribution in [0.3, 0.4) is 0 Å². The lowest BCUT2D eigenvalue weighted by atomic mass is 10.2. The monoisotopic (exact) mass is 291 g/mol. The van der Waals surface area contributed by atoms with Crippen molar-refractivity contribution in [2.75, 3.05) is 13.2 Å². The minimum atomic E-state index is -1.14. The molecular weight excluding hydrogens is 274 g/mol. The molecule has 1 fully saturated rings. The second kappa shape index (κ2) is 6.90. The Morgan fingerprint density at radius 3 is 2.71 bits per heavy atom. The third-order valence-corrected chi connectivity index (χ3v) is 3.21. The van der Waals surface area contributed by atoms with E-state index in [0.29, 0.717) is 0 Å². The first-order valence-corrected chi connectivity index (χ1v) is 6.64. The molecule has 21 heavy (non-hydrogen) atoms. The Hall–Kier alpha value is -2.34. The minimum Gasteiger partial charge on any atom is -0.480 e. The normalized spacial score (nSPS) is 21.7. The molecule has 2 atom stereocenters. The summed E-state index contributed by atoms with van der Waals surface area (Å²) in [5.41, 5.74) is 0.980. The van der Waals surface area contributed by atoms with Crippen LogP contribution in [0.15, 0.2) is 36.4 Å². The smallest absolute Gasteiger partial charge is 0.410 e. The number of hydrogen-bond acceptors (Lipinski definition) is 4. The molecule has 1 heterocycles. The summed E-state index contributed by atoms with van der Waals surface area (Å²) in [6.07, 6.45) is 1.97. The second-order valence-electron chi connectivity index (χ2n) is 4.79. The molecule has 1 aromatic rings. The van der Waals surface area contributed by atoms with Crippen LogP contribution < -0.4 is 0 Å². The van der Waals surface area contributed by atoms with E-state index in [1.165, 1.54) is 0 Å². The first-order chi connectivity index (χ1) is 10.1. The molecule has 0 bridgehead atoms. The zero-order valence-electron chi connectivity index (χ0n) is 11.4. The predicted octanol–water partition coefficient (Wildman–Crippen LogP) is 1.36. The van der Waals surface area contributed by atoms with Crippen LogP contribution in [0.1, 0.15) is 12.0 Å². The molecule has 0 aliphatic carbocycles. The van der Waals surface area contributed by atoms with E-state index in [9.17, 15) is 14.7 Å². The second-order valence-corrected chi connectivity index (χ2v) is 4.79. The number of aliphatic carboxylic acids is 1. The van der Waals surface area contributed by atoms with Gasteiger partial charge in [0.15, 0.2) is 0 Å². The quantitative estimate of drug-likeness (QED) is 0.874. The van der Waals surface area contributed by atoms with Gasteiger partial charge in [0.05, 0.1) is 12.6 Å². The van der Waals surface area contributed by atoms with E-state index in [1.807, 2.05) is 30.3 Å². The third-order valence-electron chi connectivity index (χ3n) is 3.21. The highest BCUT2D eigenvalue weighted by molar-refractivity contribution is 5.81. The van der Waals surface area contributed by atoms with Crippen LogP contribution in [0.5, 0.6) is 0 Å². The van der Waals surface area contributed by atoms with E-state index < -0.39 is 24.2 Å². The van der Waals surface area contributed by atoms with Gasteiger partial charge in [0.1, 0.15) is 12.6 Å². The average Bonchev–Trinajstić information content (AvgIpc) is 2.87. The average molecular weight is 291 g/mol. The standard InChI is InChI=1S/C15H17NO5/c17-12-9-13(14(18)19)16(10-12)15(20)21-8-4-7-11-5-2-1-3-6-11/h1-7,12-13,17H,8-10H2,(H,18,19). The molecule has 1 aliphatic heterocycles. The summed E-state index contributed by atoms with van der Waals surface area (Å²) in [7, 11) is 0. The molecule has 1 amide bonds. The molecule has 0 saturated carbocycles. The fraction of sp³-hybridized carbons (Fsp3) is 0.333. The molecular formula is C15H17NO5.